The highest BCUT2D eigenvalue weighted by Crippen LogP contribution is 2.23. The van der Waals surface area contributed by atoms with E-state index in [4.69, 9.17) is 0 Å². The maximum absolute atomic E-state index is 13.0. The van der Waals surface area contributed by atoms with E-state index >= 15 is 0 Å². The molecule has 2 amide bonds. The first-order valence-electron chi connectivity index (χ1n) is 12.1. The lowest BCUT2D eigenvalue weighted by Crippen LogP contribution is -2.43. The Kier molecular flexibility index (Phi) is 8.03. The monoisotopic (exact) mass is 519 g/mol. The van der Waals surface area contributed by atoms with E-state index in [0.717, 1.165) is 12.8 Å². The summed E-state index contributed by atoms with van der Waals surface area (Å²) in [6.07, 6.45) is 1.91. The molecule has 4 rings (SSSR count). The Bertz CT molecular complexity index is 1380. The summed E-state index contributed by atoms with van der Waals surface area (Å²) < 4.78 is 28.6. The number of likely N-dealkylation sites (tertiary alicyclic amines) is 1. The fourth-order valence-electron chi connectivity index (χ4n) is 4.13. The Hall–Kier alpha value is -3.98. The molecule has 2 N–H and O–H groups in total. The lowest BCUT2D eigenvalue weighted by atomic mass is 9.99. The van der Waals surface area contributed by atoms with Crippen LogP contribution >= 0.6 is 0 Å². The molecule has 3 aromatic rings. The number of para-hydroxylation sites is 1. The number of ketones is 1. The summed E-state index contributed by atoms with van der Waals surface area (Å²) in [5.41, 5.74) is 1.06. The second kappa shape index (κ2) is 11.4. The van der Waals surface area contributed by atoms with Crippen LogP contribution in [-0.2, 0) is 14.8 Å². The van der Waals surface area contributed by atoms with Gasteiger partial charge >= 0.3 is 0 Å². The molecule has 0 aromatic heterocycles. The van der Waals surface area contributed by atoms with Crippen LogP contribution in [0, 0.1) is 5.92 Å². The standard InChI is InChI=1S/C28H29N3O5S/c1-20-15-17-31(18-16-20)26(32)19-29-28(34)22-11-13-23(14-12-22)37(35,36)30-25-10-6-5-9-24(25)27(33)21-7-3-2-4-8-21/h2-14,20,30H,15-19H2,1H3,(H,29,34). The largest absolute Gasteiger partial charge is 0.343 e. The third-order valence-electron chi connectivity index (χ3n) is 6.42. The molecule has 0 aliphatic carbocycles. The molecular formula is C28H29N3O5S. The number of rotatable bonds is 8. The van der Waals surface area contributed by atoms with Crippen LogP contribution in [0.4, 0.5) is 5.69 Å². The molecular weight excluding hydrogens is 490 g/mol. The molecule has 1 heterocycles. The summed E-state index contributed by atoms with van der Waals surface area (Å²) in [6.45, 7) is 3.43. The van der Waals surface area contributed by atoms with Crippen LogP contribution in [0.5, 0.6) is 0 Å². The van der Waals surface area contributed by atoms with Gasteiger partial charge in [0.2, 0.25) is 5.91 Å². The van der Waals surface area contributed by atoms with Gasteiger partial charge in [0.25, 0.3) is 15.9 Å². The summed E-state index contributed by atoms with van der Waals surface area (Å²) in [4.78, 5) is 39.5. The van der Waals surface area contributed by atoms with E-state index in [9.17, 15) is 22.8 Å². The number of benzene rings is 3. The Labute approximate surface area is 216 Å². The number of anilines is 1. The average Bonchev–Trinajstić information content (AvgIpc) is 2.92. The fraction of sp³-hybridized carbons (Fsp3) is 0.250. The lowest BCUT2D eigenvalue weighted by Gasteiger charge is -2.30. The van der Waals surface area contributed by atoms with Crippen molar-refractivity contribution in [3.8, 4) is 0 Å². The van der Waals surface area contributed by atoms with E-state index in [1.54, 1.807) is 53.4 Å². The van der Waals surface area contributed by atoms with Gasteiger partial charge in [0.1, 0.15) is 0 Å². The molecule has 3 aromatic carbocycles. The van der Waals surface area contributed by atoms with E-state index in [1.165, 1.54) is 30.3 Å². The molecule has 1 aliphatic rings. The smallest absolute Gasteiger partial charge is 0.261 e. The van der Waals surface area contributed by atoms with Crippen molar-refractivity contribution < 1.29 is 22.8 Å². The zero-order chi connectivity index (χ0) is 26.4. The minimum absolute atomic E-state index is 0.0653. The Morgan fingerprint density at radius 2 is 1.46 bits per heavy atom. The van der Waals surface area contributed by atoms with Gasteiger partial charge in [-0.05, 0) is 55.2 Å². The van der Waals surface area contributed by atoms with Crippen molar-refractivity contribution in [2.45, 2.75) is 24.7 Å². The second-order valence-electron chi connectivity index (χ2n) is 9.12. The number of nitrogens with zero attached hydrogens (tertiary/aromatic N) is 1. The Morgan fingerprint density at radius 1 is 0.838 bits per heavy atom. The zero-order valence-corrected chi connectivity index (χ0v) is 21.3. The molecule has 8 nitrogen and oxygen atoms in total. The first-order chi connectivity index (χ1) is 17.7. The van der Waals surface area contributed by atoms with Crippen molar-refractivity contribution in [1.29, 1.82) is 0 Å². The van der Waals surface area contributed by atoms with Crippen LogP contribution < -0.4 is 10.0 Å². The number of piperidine rings is 1. The van der Waals surface area contributed by atoms with E-state index in [-0.39, 0.29) is 39.9 Å². The maximum Gasteiger partial charge on any atom is 0.261 e. The average molecular weight is 520 g/mol. The number of amides is 2. The number of hydrogen-bond acceptors (Lipinski definition) is 5. The van der Waals surface area contributed by atoms with Crippen LogP contribution in [0.15, 0.2) is 83.8 Å². The number of nitrogens with one attached hydrogen (secondary N) is 2. The highest BCUT2D eigenvalue weighted by Gasteiger charge is 2.22. The van der Waals surface area contributed by atoms with Gasteiger partial charge in [0.15, 0.2) is 5.78 Å². The number of sulfonamides is 1. The van der Waals surface area contributed by atoms with E-state index in [0.29, 0.717) is 24.6 Å². The molecule has 0 saturated carbocycles. The molecule has 1 saturated heterocycles. The maximum atomic E-state index is 13.0. The van der Waals surface area contributed by atoms with Gasteiger partial charge in [-0.3, -0.25) is 19.1 Å². The van der Waals surface area contributed by atoms with Gasteiger partial charge in [0, 0.05) is 29.8 Å². The van der Waals surface area contributed by atoms with Crippen molar-refractivity contribution in [3.63, 3.8) is 0 Å². The van der Waals surface area contributed by atoms with Crippen LogP contribution in [0.1, 0.15) is 46.0 Å². The van der Waals surface area contributed by atoms with Crippen LogP contribution in [0.25, 0.3) is 0 Å². The minimum atomic E-state index is -4.03. The molecule has 0 radical (unpaired) electrons. The SMILES string of the molecule is CC1CCN(C(=O)CNC(=O)c2ccc(S(=O)(=O)Nc3ccccc3C(=O)c3ccccc3)cc2)CC1. The predicted molar refractivity (Wildman–Crippen MR) is 141 cm³/mol. The number of hydrogen-bond donors (Lipinski definition) is 2. The summed E-state index contributed by atoms with van der Waals surface area (Å²) in [5, 5.41) is 2.61. The van der Waals surface area contributed by atoms with Crippen molar-refractivity contribution >= 4 is 33.3 Å². The first-order valence-corrected chi connectivity index (χ1v) is 13.6. The summed E-state index contributed by atoms with van der Waals surface area (Å²) in [5.74, 6) is -0.304. The Balaban J connectivity index is 1.41. The van der Waals surface area contributed by atoms with Crippen LogP contribution in [-0.4, -0.2) is 50.5 Å². The van der Waals surface area contributed by atoms with E-state index in [2.05, 4.69) is 17.0 Å². The molecule has 0 atom stereocenters. The quantitative estimate of drug-likeness (QED) is 0.441. The summed E-state index contributed by atoms with van der Waals surface area (Å²) in [7, 11) is -4.03. The normalized spacial score (nSPS) is 14.1. The van der Waals surface area contributed by atoms with Crippen molar-refractivity contribution in [2.75, 3.05) is 24.4 Å². The van der Waals surface area contributed by atoms with Gasteiger partial charge in [0.05, 0.1) is 17.1 Å². The second-order valence-corrected chi connectivity index (χ2v) is 10.8. The van der Waals surface area contributed by atoms with E-state index in [1.807, 2.05) is 0 Å². The van der Waals surface area contributed by atoms with Crippen LogP contribution in [0.3, 0.4) is 0 Å². The van der Waals surface area contributed by atoms with Gasteiger partial charge in [-0.1, -0.05) is 49.4 Å². The van der Waals surface area contributed by atoms with Crippen molar-refractivity contribution in [1.82, 2.24) is 10.2 Å². The first kappa shape index (κ1) is 26.1. The third-order valence-corrected chi connectivity index (χ3v) is 7.80. The van der Waals surface area contributed by atoms with Crippen molar-refractivity contribution in [3.05, 3.63) is 95.6 Å². The topological polar surface area (TPSA) is 113 Å². The fourth-order valence-corrected chi connectivity index (χ4v) is 5.21. The van der Waals surface area contributed by atoms with Crippen LogP contribution in [0.2, 0.25) is 0 Å². The molecule has 0 bridgehead atoms. The number of carbonyl (C=O) groups is 3. The van der Waals surface area contributed by atoms with Gasteiger partial charge in [-0.2, -0.15) is 0 Å². The minimum Gasteiger partial charge on any atom is -0.343 e. The molecule has 1 fully saturated rings. The van der Waals surface area contributed by atoms with Crippen molar-refractivity contribution in [2.24, 2.45) is 5.92 Å². The molecule has 1 aliphatic heterocycles. The van der Waals surface area contributed by atoms with Gasteiger partial charge < -0.3 is 10.2 Å². The molecule has 9 heteroatoms. The summed E-state index contributed by atoms with van der Waals surface area (Å²) >= 11 is 0. The molecule has 192 valence electrons. The third kappa shape index (κ3) is 6.42. The predicted octanol–water partition coefficient (Wildman–Crippen LogP) is 3.71. The zero-order valence-electron chi connectivity index (χ0n) is 20.5. The Morgan fingerprint density at radius 3 is 2.14 bits per heavy atom. The highest BCUT2D eigenvalue weighted by molar-refractivity contribution is 7.92. The molecule has 37 heavy (non-hydrogen) atoms. The highest BCUT2D eigenvalue weighted by atomic mass is 32.2. The van der Waals surface area contributed by atoms with Gasteiger partial charge in [-0.15, -0.1) is 0 Å². The summed E-state index contributed by atoms with van der Waals surface area (Å²) in [6, 6.07) is 20.4. The molecule has 0 spiro atoms. The lowest BCUT2D eigenvalue weighted by molar-refractivity contribution is -0.131. The van der Waals surface area contributed by atoms with E-state index < -0.39 is 15.9 Å². The van der Waals surface area contributed by atoms with Gasteiger partial charge in [-0.25, -0.2) is 8.42 Å². The molecule has 0 unspecified atom stereocenters. The number of carbonyl (C=O) groups excluding carboxylic acids is 3.